The van der Waals surface area contributed by atoms with Gasteiger partial charge in [0.05, 0.1) is 5.92 Å². The zero-order valence-corrected chi connectivity index (χ0v) is 16.7. The summed E-state index contributed by atoms with van der Waals surface area (Å²) >= 11 is 3.40. The average molecular weight is 430 g/mol. The Hall–Kier alpha value is -2.67. The highest BCUT2D eigenvalue weighted by atomic mass is 79.9. The van der Waals surface area contributed by atoms with Crippen molar-refractivity contribution < 1.29 is 14.4 Å². The largest absolute Gasteiger partial charge is 0.326 e. The summed E-state index contributed by atoms with van der Waals surface area (Å²) in [6.45, 7) is 3.69. The Morgan fingerprint density at radius 3 is 2.44 bits per heavy atom. The number of halogens is 1. The molecule has 1 unspecified atom stereocenters. The summed E-state index contributed by atoms with van der Waals surface area (Å²) in [6, 6.07) is 12.6. The van der Waals surface area contributed by atoms with Gasteiger partial charge >= 0.3 is 0 Å². The van der Waals surface area contributed by atoms with Gasteiger partial charge in [0, 0.05) is 41.4 Å². The highest BCUT2D eigenvalue weighted by molar-refractivity contribution is 9.10. The molecule has 2 aromatic rings. The molecule has 0 spiro atoms. The van der Waals surface area contributed by atoms with Gasteiger partial charge in [-0.3, -0.25) is 14.4 Å². The first-order chi connectivity index (χ1) is 12.8. The van der Waals surface area contributed by atoms with Gasteiger partial charge in [-0.25, -0.2) is 0 Å². The topological polar surface area (TPSA) is 78.5 Å². The van der Waals surface area contributed by atoms with Gasteiger partial charge in [-0.15, -0.1) is 0 Å². The second-order valence-electron chi connectivity index (χ2n) is 6.58. The highest BCUT2D eigenvalue weighted by Crippen LogP contribution is 2.28. The van der Waals surface area contributed by atoms with Crippen molar-refractivity contribution in [2.75, 3.05) is 22.1 Å². The molecule has 2 aromatic carbocycles. The fourth-order valence-electron chi connectivity index (χ4n) is 3.06. The van der Waals surface area contributed by atoms with Crippen LogP contribution in [0.5, 0.6) is 0 Å². The van der Waals surface area contributed by atoms with Crippen LogP contribution in [-0.4, -0.2) is 24.3 Å². The van der Waals surface area contributed by atoms with Crippen molar-refractivity contribution in [3.05, 3.63) is 52.5 Å². The van der Waals surface area contributed by atoms with Crippen molar-refractivity contribution in [2.24, 2.45) is 5.92 Å². The number of hydrogen-bond acceptors (Lipinski definition) is 3. The summed E-state index contributed by atoms with van der Waals surface area (Å²) in [4.78, 5) is 37.7. The molecule has 2 N–H and O–H groups in total. The molecular formula is C20H20BrN3O3. The molecule has 1 heterocycles. The molecule has 3 rings (SSSR count). The number of carbonyl (C=O) groups is 3. The van der Waals surface area contributed by atoms with Crippen LogP contribution in [0.15, 0.2) is 46.9 Å². The monoisotopic (exact) mass is 429 g/mol. The number of nitrogens with zero attached hydrogens (tertiary/aromatic N) is 1. The number of benzene rings is 2. The quantitative estimate of drug-likeness (QED) is 0.777. The Morgan fingerprint density at radius 2 is 1.81 bits per heavy atom. The predicted molar refractivity (Wildman–Crippen MR) is 109 cm³/mol. The second kappa shape index (κ2) is 7.92. The Balaban J connectivity index is 1.67. The smallest absolute Gasteiger partial charge is 0.229 e. The standard InChI is InChI=1S/C20H20BrN3O3/c1-12-9-15(21)3-8-18(12)23-20(27)14-10-19(26)24(11-14)17-6-4-16(5-7-17)22-13(2)25/h3-9,14H,10-11H2,1-2H3,(H,22,25)(H,23,27). The Kier molecular flexibility index (Phi) is 5.60. The number of amides is 3. The van der Waals surface area contributed by atoms with Crippen molar-refractivity contribution in [1.82, 2.24) is 0 Å². The van der Waals surface area contributed by atoms with E-state index in [4.69, 9.17) is 0 Å². The van der Waals surface area contributed by atoms with Crippen molar-refractivity contribution in [3.63, 3.8) is 0 Å². The van der Waals surface area contributed by atoms with E-state index < -0.39 is 5.92 Å². The number of anilines is 3. The van der Waals surface area contributed by atoms with Gasteiger partial charge in [0.1, 0.15) is 0 Å². The van der Waals surface area contributed by atoms with Gasteiger partial charge in [-0.2, -0.15) is 0 Å². The normalized spacial score (nSPS) is 16.3. The third-order valence-electron chi connectivity index (χ3n) is 4.44. The molecule has 1 saturated heterocycles. The number of nitrogens with one attached hydrogen (secondary N) is 2. The third kappa shape index (κ3) is 4.54. The van der Waals surface area contributed by atoms with Crippen LogP contribution < -0.4 is 15.5 Å². The lowest BCUT2D eigenvalue weighted by Crippen LogP contribution is -2.28. The Bertz CT molecular complexity index is 896. The summed E-state index contributed by atoms with van der Waals surface area (Å²) in [5, 5.41) is 5.60. The highest BCUT2D eigenvalue weighted by Gasteiger charge is 2.35. The summed E-state index contributed by atoms with van der Waals surface area (Å²) in [7, 11) is 0. The van der Waals surface area contributed by atoms with Crippen molar-refractivity contribution in [1.29, 1.82) is 0 Å². The fraction of sp³-hybridized carbons (Fsp3) is 0.250. The minimum absolute atomic E-state index is 0.0880. The fourth-order valence-corrected chi connectivity index (χ4v) is 3.54. The SMILES string of the molecule is CC(=O)Nc1ccc(N2CC(C(=O)Nc3ccc(Br)cc3C)CC2=O)cc1. The molecule has 1 aliphatic rings. The molecule has 0 aromatic heterocycles. The van der Waals surface area contributed by atoms with Gasteiger partial charge in [0.2, 0.25) is 17.7 Å². The van der Waals surface area contributed by atoms with E-state index in [2.05, 4.69) is 26.6 Å². The van der Waals surface area contributed by atoms with Crippen molar-refractivity contribution in [2.45, 2.75) is 20.3 Å². The first-order valence-corrected chi connectivity index (χ1v) is 9.38. The number of carbonyl (C=O) groups excluding carboxylic acids is 3. The van der Waals surface area contributed by atoms with Crippen LogP contribution in [0.1, 0.15) is 18.9 Å². The van der Waals surface area contributed by atoms with Gasteiger partial charge in [0.25, 0.3) is 0 Å². The molecule has 0 saturated carbocycles. The molecule has 3 amide bonds. The zero-order chi connectivity index (χ0) is 19.6. The molecular weight excluding hydrogens is 410 g/mol. The molecule has 7 heteroatoms. The first-order valence-electron chi connectivity index (χ1n) is 8.58. The minimum Gasteiger partial charge on any atom is -0.326 e. The van der Waals surface area contributed by atoms with Gasteiger partial charge in [-0.05, 0) is 55.0 Å². The van der Waals surface area contributed by atoms with Gasteiger partial charge < -0.3 is 15.5 Å². The summed E-state index contributed by atoms with van der Waals surface area (Å²) < 4.78 is 0.947. The second-order valence-corrected chi connectivity index (χ2v) is 7.50. The average Bonchev–Trinajstić information content (AvgIpc) is 2.99. The molecule has 0 bridgehead atoms. The molecule has 27 heavy (non-hydrogen) atoms. The molecule has 1 fully saturated rings. The van der Waals surface area contributed by atoms with E-state index in [9.17, 15) is 14.4 Å². The number of hydrogen-bond donors (Lipinski definition) is 2. The lowest BCUT2D eigenvalue weighted by atomic mass is 10.1. The molecule has 0 aliphatic carbocycles. The van der Waals surface area contributed by atoms with E-state index in [1.54, 1.807) is 29.2 Å². The van der Waals surface area contributed by atoms with Crippen LogP contribution in [0, 0.1) is 12.8 Å². The number of rotatable bonds is 4. The molecule has 0 radical (unpaired) electrons. The van der Waals surface area contributed by atoms with Crippen LogP contribution in [0.25, 0.3) is 0 Å². The number of aryl methyl sites for hydroxylation is 1. The maximum absolute atomic E-state index is 12.6. The van der Waals surface area contributed by atoms with E-state index >= 15 is 0 Å². The van der Waals surface area contributed by atoms with E-state index in [0.29, 0.717) is 17.9 Å². The van der Waals surface area contributed by atoms with Crippen LogP contribution in [0.4, 0.5) is 17.1 Å². The van der Waals surface area contributed by atoms with Gasteiger partial charge in [0.15, 0.2) is 0 Å². The molecule has 6 nitrogen and oxygen atoms in total. The maximum atomic E-state index is 12.6. The minimum atomic E-state index is -0.407. The van der Waals surface area contributed by atoms with Crippen molar-refractivity contribution in [3.8, 4) is 0 Å². The Morgan fingerprint density at radius 1 is 1.11 bits per heavy atom. The van der Waals surface area contributed by atoms with E-state index in [1.165, 1.54) is 6.92 Å². The molecule has 140 valence electrons. The van der Waals surface area contributed by atoms with Crippen LogP contribution in [0.2, 0.25) is 0 Å². The van der Waals surface area contributed by atoms with Crippen LogP contribution in [-0.2, 0) is 14.4 Å². The van der Waals surface area contributed by atoms with Crippen LogP contribution >= 0.6 is 15.9 Å². The predicted octanol–water partition coefficient (Wildman–Crippen LogP) is 3.71. The lowest BCUT2D eigenvalue weighted by Gasteiger charge is -2.17. The maximum Gasteiger partial charge on any atom is 0.229 e. The van der Waals surface area contributed by atoms with Gasteiger partial charge in [-0.1, -0.05) is 15.9 Å². The molecule has 1 atom stereocenters. The summed E-state index contributed by atoms with van der Waals surface area (Å²) in [5.74, 6) is -0.809. The van der Waals surface area contributed by atoms with E-state index in [0.717, 1.165) is 15.7 Å². The molecule has 1 aliphatic heterocycles. The summed E-state index contributed by atoms with van der Waals surface area (Å²) in [6.07, 6.45) is 0.175. The lowest BCUT2D eigenvalue weighted by molar-refractivity contribution is -0.122. The van der Waals surface area contributed by atoms with Crippen molar-refractivity contribution >= 4 is 50.7 Å². The van der Waals surface area contributed by atoms with E-state index in [-0.39, 0.29) is 24.1 Å². The first kappa shape index (κ1) is 19.1. The third-order valence-corrected chi connectivity index (χ3v) is 4.93. The van der Waals surface area contributed by atoms with Crippen LogP contribution in [0.3, 0.4) is 0 Å². The Labute approximate surface area is 166 Å². The summed E-state index contributed by atoms with van der Waals surface area (Å²) in [5.41, 5.74) is 3.07. The zero-order valence-electron chi connectivity index (χ0n) is 15.1. The van der Waals surface area contributed by atoms with E-state index in [1.807, 2.05) is 25.1 Å².